The highest BCUT2D eigenvalue weighted by Gasteiger charge is 2.25. The number of carbonyl (C=O) groups is 1. The Bertz CT molecular complexity index is 761. The SMILES string of the molecule is Cc1ncsc1C(=O)N1CCN(c2ccc(N3CCCCCC3)nn2)CC1. The van der Waals surface area contributed by atoms with E-state index in [4.69, 9.17) is 0 Å². The second kappa shape index (κ2) is 8.21. The highest BCUT2D eigenvalue weighted by molar-refractivity contribution is 7.11. The number of thiazole rings is 1. The fraction of sp³-hybridized carbons (Fsp3) is 0.579. The number of amides is 1. The number of hydrogen-bond acceptors (Lipinski definition) is 7. The van der Waals surface area contributed by atoms with Crippen LogP contribution in [-0.4, -0.2) is 65.3 Å². The molecule has 0 spiro atoms. The molecule has 4 heterocycles. The topological polar surface area (TPSA) is 65.5 Å². The van der Waals surface area contributed by atoms with Gasteiger partial charge in [-0.3, -0.25) is 4.79 Å². The van der Waals surface area contributed by atoms with Gasteiger partial charge in [0.2, 0.25) is 0 Å². The molecule has 7 nitrogen and oxygen atoms in total. The van der Waals surface area contributed by atoms with E-state index in [1.54, 1.807) is 5.51 Å². The number of carbonyl (C=O) groups excluding carboxylic acids is 1. The molecule has 2 aromatic heterocycles. The molecule has 2 aliphatic heterocycles. The van der Waals surface area contributed by atoms with Crippen LogP contribution in [0.5, 0.6) is 0 Å². The van der Waals surface area contributed by atoms with Gasteiger partial charge in [-0.15, -0.1) is 21.5 Å². The van der Waals surface area contributed by atoms with Gasteiger partial charge >= 0.3 is 0 Å². The van der Waals surface area contributed by atoms with Gasteiger partial charge in [-0.1, -0.05) is 12.8 Å². The summed E-state index contributed by atoms with van der Waals surface area (Å²) in [5, 5.41) is 8.94. The third-order valence-electron chi connectivity index (χ3n) is 5.40. The van der Waals surface area contributed by atoms with Gasteiger partial charge < -0.3 is 14.7 Å². The van der Waals surface area contributed by atoms with E-state index in [-0.39, 0.29) is 5.91 Å². The maximum absolute atomic E-state index is 12.6. The van der Waals surface area contributed by atoms with Crippen molar-refractivity contribution in [1.29, 1.82) is 0 Å². The second-order valence-corrected chi connectivity index (χ2v) is 8.05. The maximum atomic E-state index is 12.6. The van der Waals surface area contributed by atoms with Crippen LogP contribution < -0.4 is 9.80 Å². The molecular formula is C19H26N6OS. The lowest BCUT2D eigenvalue weighted by atomic mass is 10.2. The van der Waals surface area contributed by atoms with Gasteiger partial charge in [0, 0.05) is 39.3 Å². The molecule has 0 bridgehead atoms. The van der Waals surface area contributed by atoms with E-state index >= 15 is 0 Å². The van der Waals surface area contributed by atoms with Crippen molar-refractivity contribution in [2.24, 2.45) is 0 Å². The maximum Gasteiger partial charge on any atom is 0.265 e. The zero-order valence-electron chi connectivity index (χ0n) is 15.8. The Morgan fingerprint density at radius 3 is 2.00 bits per heavy atom. The summed E-state index contributed by atoms with van der Waals surface area (Å²) in [6.07, 6.45) is 5.09. The van der Waals surface area contributed by atoms with Crippen molar-refractivity contribution >= 4 is 28.9 Å². The fourth-order valence-electron chi connectivity index (χ4n) is 3.74. The van der Waals surface area contributed by atoms with Crippen molar-refractivity contribution in [3.05, 3.63) is 28.2 Å². The second-order valence-electron chi connectivity index (χ2n) is 7.20. The fourth-order valence-corrected chi connectivity index (χ4v) is 4.51. The smallest absolute Gasteiger partial charge is 0.265 e. The lowest BCUT2D eigenvalue weighted by molar-refractivity contribution is 0.0750. The summed E-state index contributed by atoms with van der Waals surface area (Å²) >= 11 is 1.42. The quantitative estimate of drug-likeness (QED) is 0.808. The molecule has 0 aromatic carbocycles. The predicted octanol–water partition coefficient (Wildman–Crippen LogP) is 2.58. The van der Waals surface area contributed by atoms with E-state index < -0.39 is 0 Å². The van der Waals surface area contributed by atoms with Gasteiger partial charge in [0.1, 0.15) is 4.88 Å². The first-order valence-electron chi connectivity index (χ1n) is 9.75. The van der Waals surface area contributed by atoms with E-state index in [0.29, 0.717) is 13.1 Å². The molecule has 8 heteroatoms. The van der Waals surface area contributed by atoms with Crippen molar-refractivity contribution < 1.29 is 4.79 Å². The monoisotopic (exact) mass is 386 g/mol. The highest BCUT2D eigenvalue weighted by Crippen LogP contribution is 2.21. The Morgan fingerprint density at radius 1 is 0.889 bits per heavy atom. The molecule has 2 fully saturated rings. The highest BCUT2D eigenvalue weighted by atomic mass is 32.1. The van der Waals surface area contributed by atoms with E-state index in [1.807, 2.05) is 11.8 Å². The molecular weight excluding hydrogens is 360 g/mol. The summed E-state index contributed by atoms with van der Waals surface area (Å²) in [6, 6.07) is 4.16. The van der Waals surface area contributed by atoms with Crippen LogP contribution in [0.4, 0.5) is 11.6 Å². The van der Waals surface area contributed by atoms with E-state index in [2.05, 4.69) is 37.1 Å². The molecule has 0 radical (unpaired) electrons. The number of anilines is 2. The predicted molar refractivity (Wildman–Crippen MR) is 108 cm³/mol. The molecule has 2 aliphatic rings. The molecule has 0 aliphatic carbocycles. The molecule has 2 aromatic rings. The number of rotatable bonds is 3. The van der Waals surface area contributed by atoms with Crippen molar-refractivity contribution in [2.75, 3.05) is 49.1 Å². The van der Waals surface area contributed by atoms with Gasteiger partial charge in [-0.2, -0.15) is 0 Å². The minimum Gasteiger partial charge on any atom is -0.355 e. The van der Waals surface area contributed by atoms with Gasteiger partial charge in [0.15, 0.2) is 11.6 Å². The molecule has 4 rings (SSSR count). The zero-order chi connectivity index (χ0) is 18.6. The van der Waals surface area contributed by atoms with Gasteiger partial charge in [-0.05, 0) is 31.9 Å². The first kappa shape index (κ1) is 18.2. The number of hydrogen-bond donors (Lipinski definition) is 0. The largest absolute Gasteiger partial charge is 0.355 e. The molecule has 2 saturated heterocycles. The third kappa shape index (κ3) is 4.05. The number of nitrogens with zero attached hydrogens (tertiary/aromatic N) is 6. The average molecular weight is 387 g/mol. The van der Waals surface area contributed by atoms with Crippen LogP contribution in [0.3, 0.4) is 0 Å². The minimum atomic E-state index is 0.0947. The first-order chi connectivity index (χ1) is 13.2. The molecule has 0 atom stereocenters. The van der Waals surface area contributed by atoms with Crippen LogP contribution in [0.25, 0.3) is 0 Å². The minimum absolute atomic E-state index is 0.0947. The van der Waals surface area contributed by atoms with Crippen LogP contribution in [0, 0.1) is 6.92 Å². The van der Waals surface area contributed by atoms with Crippen molar-refractivity contribution in [1.82, 2.24) is 20.1 Å². The van der Waals surface area contributed by atoms with E-state index in [9.17, 15) is 4.79 Å². The molecule has 27 heavy (non-hydrogen) atoms. The molecule has 1 amide bonds. The van der Waals surface area contributed by atoms with Crippen LogP contribution in [-0.2, 0) is 0 Å². The van der Waals surface area contributed by atoms with Gasteiger partial charge in [0.25, 0.3) is 5.91 Å². The Morgan fingerprint density at radius 2 is 1.48 bits per heavy atom. The summed E-state index contributed by atoms with van der Waals surface area (Å²) in [4.78, 5) is 24.0. The summed E-state index contributed by atoms with van der Waals surface area (Å²) in [5.74, 6) is 1.97. The Hall–Kier alpha value is -2.22. The lowest BCUT2D eigenvalue weighted by Crippen LogP contribution is -2.49. The van der Waals surface area contributed by atoms with Crippen LogP contribution >= 0.6 is 11.3 Å². The normalized spacial score (nSPS) is 18.5. The van der Waals surface area contributed by atoms with Crippen LogP contribution in [0.15, 0.2) is 17.6 Å². The van der Waals surface area contributed by atoms with Crippen molar-refractivity contribution in [2.45, 2.75) is 32.6 Å². The molecule has 0 saturated carbocycles. The summed E-state index contributed by atoms with van der Waals surface area (Å²) < 4.78 is 0. The van der Waals surface area contributed by atoms with E-state index in [1.165, 1.54) is 37.0 Å². The van der Waals surface area contributed by atoms with Crippen molar-refractivity contribution in [3.8, 4) is 0 Å². The number of piperazine rings is 1. The number of aryl methyl sites for hydroxylation is 1. The van der Waals surface area contributed by atoms with Gasteiger partial charge in [0.05, 0.1) is 11.2 Å². The summed E-state index contributed by atoms with van der Waals surface area (Å²) in [6.45, 7) is 7.00. The first-order valence-corrected chi connectivity index (χ1v) is 10.6. The standard InChI is InChI=1S/C19H26N6OS/c1-15-18(27-14-20-15)19(26)25-12-10-24(11-13-25)17-7-6-16(21-22-17)23-8-4-2-3-5-9-23/h6-7,14H,2-5,8-13H2,1H3. The molecule has 0 unspecified atom stereocenters. The van der Waals surface area contributed by atoms with Crippen molar-refractivity contribution in [3.63, 3.8) is 0 Å². The average Bonchev–Trinajstić information content (AvgIpc) is 2.97. The lowest BCUT2D eigenvalue weighted by Gasteiger charge is -2.35. The third-order valence-corrected chi connectivity index (χ3v) is 6.31. The molecule has 144 valence electrons. The Labute approximate surface area is 164 Å². The van der Waals surface area contributed by atoms with Gasteiger partial charge in [-0.25, -0.2) is 4.98 Å². The van der Waals surface area contributed by atoms with Crippen LogP contribution in [0.2, 0.25) is 0 Å². The summed E-state index contributed by atoms with van der Waals surface area (Å²) in [7, 11) is 0. The van der Waals surface area contributed by atoms with E-state index in [0.717, 1.165) is 48.4 Å². The molecule has 0 N–H and O–H groups in total. The Balaban J connectivity index is 1.35. The zero-order valence-corrected chi connectivity index (χ0v) is 16.6. The van der Waals surface area contributed by atoms with Crippen LogP contribution in [0.1, 0.15) is 41.0 Å². The number of aromatic nitrogens is 3. The Kier molecular flexibility index (Phi) is 5.52. The summed E-state index contributed by atoms with van der Waals surface area (Å²) in [5.41, 5.74) is 2.56.